The molecule has 1 aliphatic heterocycles. The molecule has 2 aromatic rings. The van der Waals surface area contributed by atoms with E-state index in [1.165, 1.54) is 11.1 Å². The van der Waals surface area contributed by atoms with Crippen LogP contribution in [0.1, 0.15) is 27.2 Å². The summed E-state index contributed by atoms with van der Waals surface area (Å²) in [6.45, 7) is 2.68. The van der Waals surface area contributed by atoms with Crippen LogP contribution < -0.4 is 0 Å². The number of aromatic carboxylic acids is 1. The zero-order chi connectivity index (χ0) is 13.9. The normalized spacial score (nSPS) is 14.8. The van der Waals surface area contributed by atoms with Gasteiger partial charge in [-0.25, -0.2) is 9.78 Å². The summed E-state index contributed by atoms with van der Waals surface area (Å²) in [5.74, 6) is -0.976. The molecule has 20 heavy (non-hydrogen) atoms. The first-order valence-electron chi connectivity index (χ1n) is 6.70. The topological polar surface area (TPSA) is 53.4 Å². The fourth-order valence-corrected chi connectivity index (χ4v) is 2.64. The van der Waals surface area contributed by atoms with Crippen molar-refractivity contribution in [3.8, 4) is 0 Å². The van der Waals surface area contributed by atoms with E-state index in [-0.39, 0.29) is 5.69 Å². The van der Waals surface area contributed by atoms with Crippen molar-refractivity contribution in [1.29, 1.82) is 0 Å². The van der Waals surface area contributed by atoms with Gasteiger partial charge in [0.2, 0.25) is 0 Å². The highest BCUT2D eigenvalue weighted by atomic mass is 16.4. The third-order valence-electron chi connectivity index (χ3n) is 3.66. The van der Waals surface area contributed by atoms with Crippen molar-refractivity contribution < 1.29 is 9.90 Å². The number of carbonyl (C=O) groups is 1. The molecule has 0 bridgehead atoms. The number of fused-ring (bicyclic) bond motifs is 1. The largest absolute Gasteiger partial charge is 0.477 e. The molecule has 0 saturated carbocycles. The molecule has 0 unspecified atom stereocenters. The van der Waals surface area contributed by atoms with Gasteiger partial charge < -0.3 is 5.11 Å². The molecule has 102 valence electrons. The Morgan fingerprint density at radius 1 is 1.25 bits per heavy atom. The average Bonchev–Trinajstić information content (AvgIpc) is 2.47. The molecule has 1 aromatic carbocycles. The van der Waals surface area contributed by atoms with Gasteiger partial charge >= 0.3 is 5.97 Å². The van der Waals surface area contributed by atoms with Crippen molar-refractivity contribution >= 4 is 5.97 Å². The minimum Gasteiger partial charge on any atom is -0.477 e. The minimum atomic E-state index is -0.976. The van der Waals surface area contributed by atoms with Crippen molar-refractivity contribution in [2.75, 3.05) is 6.54 Å². The second-order valence-electron chi connectivity index (χ2n) is 5.08. The van der Waals surface area contributed by atoms with E-state index in [0.717, 1.165) is 31.6 Å². The van der Waals surface area contributed by atoms with Crippen LogP contribution in [0.2, 0.25) is 0 Å². The summed E-state index contributed by atoms with van der Waals surface area (Å²) >= 11 is 0. The lowest BCUT2D eigenvalue weighted by Crippen LogP contribution is -2.30. The van der Waals surface area contributed by atoms with Gasteiger partial charge in [0.15, 0.2) is 0 Å². The van der Waals surface area contributed by atoms with Crippen LogP contribution in [0.15, 0.2) is 42.6 Å². The monoisotopic (exact) mass is 268 g/mol. The Morgan fingerprint density at radius 3 is 2.85 bits per heavy atom. The Kier molecular flexibility index (Phi) is 3.48. The van der Waals surface area contributed by atoms with E-state index in [4.69, 9.17) is 5.11 Å². The molecular formula is C16H16N2O2. The first-order chi connectivity index (χ1) is 9.72. The molecular weight excluding hydrogens is 252 g/mol. The molecule has 2 heterocycles. The molecule has 0 fully saturated rings. The summed E-state index contributed by atoms with van der Waals surface area (Å²) < 4.78 is 0. The van der Waals surface area contributed by atoms with Gasteiger partial charge in [-0.05, 0) is 35.2 Å². The summed E-state index contributed by atoms with van der Waals surface area (Å²) in [7, 11) is 0. The van der Waals surface area contributed by atoms with Gasteiger partial charge in [0, 0.05) is 25.8 Å². The first kappa shape index (κ1) is 12.8. The van der Waals surface area contributed by atoms with Gasteiger partial charge in [-0.1, -0.05) is 24.3 Å². The summed E-state index contributed by atoms with van der Waals surface area (Å²) in [5, 5.41) is 8.97. The van der Waals surface area contributed by atoms with E-state index in [0.29, 0.717) is 0 Å². The van der Waals surface area contributed by atoms with E-state index in [9.17, 15) is 4.79 Å². The number of nitrogens with zero attached hydrogens (tertiary/aromatic N) is 2. The fourth-order valence-electron chi connectivity index (χ4n) is 2.64. The number of carboxylic acid groups (broad SMARTS) is 1. The third kappa shape index (κ3) is 2.70. The number of hydrogen-bond donors (Lipinski definition) is 1. The highest BCUT2D eigenvalue weighted by Crippen LogP contribution is 2.20. The minimum absolute atomic E-state index is 0.111. The van der Waals surface area contributed by atoms with Crippen molar-refractivity contribution in [1.82, 2.24) is 9.88 Å². The number of aromatic nitrogens is 1. The number of pyridine rings is 1. The molecule has 0 radical (unpaired) electrons. The van der Waals surface area contributed by atoms with Gasteiger partial charge in [0.05, 0.1) is 0 Å². The lowest BCUT2D eigenvalue weighted by molar-refractivity contribution is 0.0690. The SMILES string of the molecule is O=C(O)c1cc(CN2CCc3ccccc3C2)ccn1. The maximum Gasteiger partial charge on any atom is 0.354 e. The standard InChI is InChI=1S/C16H16N2O2/c19-16(20)15-9-12(5-7-17-15)10-18-8-6-13-3-1-2-4-14(13)11-18/h1-5,7,9H,6,8,10-11H2,(H,19,20). The molecule has 0 saturated heterocycles. The molecule has 1 aliphatic rings. The molecule has 0 spiro atoms. The van der Waals surface area contributed by atoms with Gasteiger partial charge in [0.1, 0.15) is 5.69 Å². The lowest BCUT2D eigenvalue weighted by Gasteiger charge is -2.28. The van der Waals surface area contributed by atoms with Crippen LogP contribution in [-0.4, -0.2) is 27.5 Å². The Bertz CT molecular complexity index is 640. The molecule has 0 atom stereocenters. The predicted octanol–water partition coefficient (Wildman–Crippen LogP) is 2.34. The zero-order valence-corrected chi connectivity index (χ0v) is 11.1. The van der Waals surface area contributed by atoms with Crippen LogP contribution in [0.4, 0.5) is 0 Å². The van der Waals surface area contributed by atoms with E-state index >= 15 is 0 Å². The van der Waals surface area contributed by atoms with Crippen molar-refractivity contribution in [2.45, 2.75) is 19.5 Å². The number of carboxylic acids is 1. The number of benzene rings is 1. The summed E-state index contributed by atoms with van der Waals surface area (Å²) in [6.07, 6.45) is 2.61. The summed E-state index contributed by atoms with van der Waals surface area (Å²) in [4.78, 5) is 17.1. The smallest absolute Gasteiger partial charge is 0.354 e. The molecule has 1 aromatic heterocycles. The highest BCUT2D eigenvalue weighted by Gasteiger charge is 2.16. The second kappa shape index (κ2) is 5.43. The van der Waals surface area contributed by atoms with Gasteiger partial charge in [0.25, 0.3) is 0 Å². The molecule has 0 amide bonds. The Morgan fingerprint density at radius 2 is 2.05 bits per heavy atom. The lowest BCUT2D eigenvalue weighted by atomic mass is 9.99. The molecule has 4 heteroatoms. The number of hydrogen-bond acceptors (Lipinski definition) is 3. The Balaban J connectivity index is 1.73. The maximum absolute atomic E-state index is 10.9. The highest BCUT2D eigenvalue weighted by molar-refractivity contribution is 5.85. The molecule has 3 rings (SSSR count). The van der Waals surface area contributed by atoms with E-state index in [1.54, 1.807) is 12.3 Å². The van der Waals surface area contributed by atoms with Crippen LogP contribution >= 0.6 is 0 Å². The zero-order valence-electron chi connectivity index (χ0n) is 11.1. The Hall–Kier alpha value is -2.20. The van der Waals surface area contributed by atoms with Gasteiger partial charge in [-0.15, -0.1) is 0 Å². The van der Waals surface area contributed by atoms with E-state index < -0.39 is 5.97 Å². The van der Waals surface area contributed by atoms with E-state index in [2.05, 4.69) is 34.1 Å². The molecule has 1 N–H and O–H groups in total. The van der Waals surface area contributed by atoms with Crippen LogP contribution in [0.5, 0.6) is 0 Å². The first-order valence-corrected chi connectivity index (χ1v) is 6.70. The van der Waals surface area contributed by atoms with Crippen LogP contribution in [-0.2, 0) is 19.5 Å². The quantitative estimate of drug-likeness (QED) is 0.928. The second-order valence-corrected chi connectivity index (χ2v) is 5.08. The van der Waals surface area contributed by atoms with Crippen molar-refractivity contribution in [3.05, 3.63) is 65.0 Å². The van der Waals surface area contributed by atoms with Crippen LogP contribution in [0.3, 0.4) is 0 Å². The van der Waals surface area contributed by atoms with Crippen LogP contribution in [0, 0.1) is 0 Å². The molecule has 0 aliphatic carbocycles. The predicted molar refractivity (Wildman–Crippen MR) is 75.5 cm³/mol. The number of rotatable bonds is 3. The average molecular weight is 268 g/mol. The Labute approximate surface area is 117 Å². The van der Waals surface area contributed by atoms with Crippen LogP contribution in [0.25, 0.3) is 0 Å². The van der Waals surface area contributed by atoms with Crippen molar-refractivity contribution in [2.24, 2.45) is 0 Å². The summed E-state index contributed by atoms with van der Waals surface area (Å²) in [6, 6.07) is 12.0. The van der Waals surface area contributed by atoms with Crippen molar-refractivity contribution in [3.63, 3.8) is 0 Å². The molecule has 4 nitrogen and oxygen atoms in total. The third-order valence-corrected chi connectivity index (χ3v) is 3.66. The van der Waals surface area contributed by atoms with Gasteiger partial charge in [-0.3, -0.25) is 4.90 Å². The summed E-state index contributed by atoms with van der Waals surface area (Å²) in [5.41, 5.74) is 3.90. The fraction of sp³-hybridized carbons (Fsp3) is 0.250. The van der Waals surface area contributed by atoms with Gasteiger partial charge in [-0.2, -0.15) is 0 Å². The van der Waals surface area contributed by atoms with E-state index in [1.807, 2.05) is 6.07 Å². The maximum atomic E-state index is 10.9.